The van der Waals surface area contributed by atoms with E-state index < -0.39 is 6.04 Å². The van der Waals surface area contributed by atoms with Crippen LogP contribution < -0.4 is 5.32 Å². The van der Waals surface area contributed by atoms with Crippen molar-refractivity contribution < 1.29 is 9.59 Å². The maximum Gasteiger partial charge on any atom is 0.243 e. The highest BCUT2D eigenvalue weighted by atomic mass is 35.5. The van der Waals surface area contributed by atoms with Gasteiger partial charge in [0.25, 0.3) is 0 Å². The first-order chi connectivity index (χ1) is 17.4. The molecule has 2 amide bonds. The predicted octanol–water partition coefficient (Wildman–Crippen LogP) is 6.78. The predicted molar refractivity (Wildman–Crippen MR) is 151 cm³/mol. The Hall–Kier alpha value is -2.47. The highest BCUT2D eigenvalue weighted by molar-refractivity contribution is 7.99. The third kappa shape index (κ3) is 8.58. The molecule has 0 saturated heterocycles. The van der Waals surface area contributed by atoms with Crippen LogP contribution in [-0.4, -0.2) is 34.6 Å². The number of hydrogen-bond donors (Lipinski definition) is 1. The minimum Gasteiger partial charge on any atom is -0.352 e. The molecule has 0 aliphatic carbocycles. The zero-order valence-corrected chi connectivity index (χ0v) is 23.0. The molecule has 0 heterocycles. The van der Waals surface area contributed by atoms with Gasteiger partial charge in [-0.15, -0.1) is 11.8 Å². The maximum absolute atomic E-state index is 13.6. The quantitative estimate of drug-likeness (QED) is 0.274. The molecule has 36 heavy (non-hydrogen) atoms. The van der Waals surface area contributed by atoms with Crippen LogP contribution in [0.25, 0.3) is 0 Å². The van der Waals surface area contributed by atoms with Crippen molar-refractivity contribution in [2.45, 2.75) is 51.1 Å². The fraction of sp³-hybridized carbons (Fsp3) is 0.310. The summed E-state index contributed by atoms with van der Waals surface area (Å²) in [6.07, 6.45) is 1.22. The number of thioether (sulfide) groups is 1. The van der Waals surface area contributed by atoms with E-state index in [1.54, 1.807) is 28.8 Å². The summed E-state index contributed by atoms with van der Waals surface area (Å²) in [6.45, 7) is 4.25. The molecule has 0 fully saturated rings. The van der Waals surface area contributed by atoms with Crippen molar-refractivity contribution in [3.8, 4) is 0 Å². The minimum atomic E-state index is -0.666. The highest BCUT2D eigenvalue weighted by Gasteiger charge is 2.31. The van der Waals surface area contributed by atoms with Crippen LogP contribution in [0.5, 0.6) is 0 Å². The summed E-state index contributed by atoms with van der Waals surface area (Å²) in [5.41, 5.74) is 2.97. The van der Waals surface area contributed by atoms with Gasteiger partial charge in [-0.25, -0.2) is 0 Å². The molecule has 3 aromatic carbocycles. The van der Waals surface area contributed by atoms with Crippen molar-refractivity contribution in [1.82, 2.24) is 10.2 Å². The van der Waals surface area contributed by atoms with Gasteiger partial charge in [0.2, 0.25) is 11.8 Å². The van der Waals surface area contributed by atoms with E-state index in [1.165, 1.54) is 0 Å². The van der Waals surface area contributed by atoms with Gasteiger partial charge in [-0.2, -0.15) is 0 Å². The van der Waals surface area contributed by atoms with Crippen LogP contribution in [0.1, 0.15) is 37.0 Å². The Morgan fingerprint density at radius 2 is 1.53 bits per heavy atom. The number of rotatable bonds is 12. The third-order valence-corrected chi connectivity index (χ3v) is 7.67. The van der Waals surface area contributed by atoms with Crippen LogP contribution >= 0.6 is 35.0 Å². The fourth-order valence-electron chi connectivity index (χ4n) is 3.74. The lowest BCUT2D eigenvalue weighted by atomic mass is 10.0. The first-order valence-corrected chi connectivity index (χ1v) is 14.0. The summed E-state index contributed by atoms with van der Waals surface area (Å²) in [5.74, 6) is 0.727. The van der Waals surface area contributed by atoms with Crippen molar-refractivity contribution in [3.63, 3.8) is 0 Å². The average Bonchev–Trinajstić information content (AvgIpc) is 2.89. The second-order valence-electron chi connectivity index (χ2n) is 8.77. The standard InChI is InChI=1S/C29H32Cl2N2O2S/c1-3-21(2)32-29(35)27(17-22-10-6-4-7-11-22)33(18-24-14-15-25(30)26(31)16-24)28(34)20-36-19-23-12-8-5-9-13-23/h4-16,21,27H,3,17-20H2,1-2H3,(H,32,35)/t21-,27-/m1/s1. The van der Waals surface area contributed by atoms with E-state index in [2.05, 4.69) is 5.32 Å². The van der Waals surface area contributed by atoms with Gasteiger partial charge in [0.05, 0.1) is 15.8 Å². The number of carbonyl (C=O) groups excluding carboxylic acids is 2. The number of halogens is 2. The Kier molecular flexibility index (Phi) is 11.2. The number of carbonyl (C=O) groups is 2. The summed E-state index contributed by atoms with van der Waals surface area (Å²) in [7, 11) is 0. The summed E-state index contributed by atoms with van der Waals surface area (Å²) >= 11 is 13.9. The minimum absolute atomic E-state index is 0.00478. The lowest BCUT2D eigenvalue weighted by molar-refractivity contribution is -0.139. The van der Waals surface area contributed by atoms with Crippen LogP contribution in [0, 0.1) is 0 Å². The summed E-state index contributed by atoms with van der Waals surface area (Å²) in [6, 6.07) is 24.5. The largest absolute Gasteiger partial charge is 0.352 e. The molecule has 0 spiro atoms. The van der Waals surface area contributed by atoms with Crippen LogP contribution in [0.2, 0.25) is 10.0 Å². The number of benzene rings is 3. The van der Waals surface area contributed by atoms with Gasteiger partial charge in [0.15, 0.2) is 0 Å². The molecule has 0 radical (unpaired) electrons. The Morgan fingerprint density at radius 1 is 0.889 bits per heavy atom. The molecule has 0 aliphatic rings. The van der Waals surface area contributed by atoms with Gasteiger partial charge < -0.3 is 10.2 Å². The zero-order valence-electron chi connectivity index (χ0n) is 20.6. The van der Waals surface area contributed by atoms with Gasteiger partial charge in [-0.05, 0) is 42.2 Å². The molecular formula is C29H32Cl2N2O2S. The SMILES string of the molecule is CC[C@@H](C)NC(=O)[C@@H](Cc1ccccc1)N(Cc1ccc(Cl)c(Cl)c1)C(=O)CSCc1ccccc1. The van der Waals surface area contributed by atoms with Gasteiger partial charge >= 0.3 is 0 Å². The van der Waals surface area contributed by atoms with Crippen molar-refractivity contribution in [2.24, 2.45) is 0 Å². The second kappa shape index (κ2) is 14.3. The zero-order chi connectivity index (χ0) is 25.9. The third-order valence-electron chi connectivity index (χ3n) is 5.95. The smallest absolute Gasteiger partial charge is 0.243 e. The molecule has 0 unspecified atom stereocenters. The molecule has 190 valence electrons. The Balaban J connectivity index is 1.88. The van der Waals surface area contributed by atoms with E-state index in [1.807, 2.05) is 80.6 Å². The van der Waals surface area contributed by atoms with Gasteiger partial charge in [-0.3, -0.25) is 9.59 Å². The fourth-order valence-corrected chi connectivity index (χ4v) is 4.93. The molecule has 4 nitrogen and oxygen atoms in total. The maximum atomic E-state index is 13.6. The van der Waals surface area contributed by atoms with E-state index in [-0.39, 0.29) is 30.2 Å². The van der Waals surface area contributed by atoms with Crippen LogP contribution in [-0.2, 0) is 28.3 Å². The van der Waals surface area contributed by atoms with Crippen LogP contribution in [0.3, 0.4) is 0 Å². The molecule has 2 atom stereocenters. The highest BCUT2D eigenvalue weighted by Crippen LogP contribution is 2.25. The molecular weight excluding hydrogens is 511 g/mol. The number of hydrogen-bond acceptors (Lipinski definition) is 3. The van der Waals surface area contributed by atoms with Crippen LogP contribution in [0.15, 0.2) is 78.9 Å². The first kappa shape index (κ1) is 28.1. The number of nitrogens with zero attached hydrogens (tertiary/aromatic N) is 1. The van der Waals surface area contributed by atoms with Crippen molar-refractivity contribution in [1.29, 1.82) is 0 Å². The Labute approximate surface area is 228 Å². The van der Waals surface area contributed by atoms with Crippen LogP contribution in [0.4, 0.5) is 0 Å². The number of amides is 2. The summed E-state index contributed by atoms with van der Waals surface area (Å²) in [4.78, 5) is 28.8. The van der Waals surface area contributed by atoms with Crippen molar-refractivity contribution in [3.05, 3.63) is 106 Å². The average molecular weight is 544 g/mol. The lowest BCUT2D eigenvalue weighted by Crippen LogP contribution is -2.52. The monoisotopic (exact) mass is 542 g/mol. The molecule has 3 rings (SSSR count). The van der Waals surface area contributed by atoms with Gasteiger partial charge in [0.1, 0.15) is 6.04 Å². The summed E-state index contributed by atoms with van der Waals surface area (Å²) in [5, 5.41) is 3.96. The Bertz CT molecular complexity index is 1130. The molecule has 0 saturated carbocycles. The lowest BCUT2D eigenvalue weighted by Gasteiger charge is -2.32. The molecule has 7 heteroatoms. The second-order valence-corrected chi connectivity index (χ2v) is 10.6. The topological polar surface area (TPSA) is 49.4 Å². The number of nitrogens with one attached hydrogen (secondary N) is 1. The van der Waals surface area contributed by atoms with Crippen molar-refractivity contribution in [2.75, 3.05) is 5.75 Å². The van der Waals surface area contributed by atoms with E-state index in [0.29, 0.717) is 16.5 Å². The van der Waals surface area contributed by atoms with E-state index in [9.17, 15) is 9.59 Å². The van der Waals surface area contributed by atoms with Crippen molar-refractivity contribution >= 4 is 46.8 Å². The summed E-state index contributed by atoms with van der Waals surface area (Å²) < 4.78 is 0. The van der Waals surface area contributed by atoms with E-state index in [4.69, 9.17) is 23.2 Å². The molecule has 1 N–H and O–H groups in total. The first-order valence-electron chi connectivity index (χ1n) is 12.1. The van der Waals surface area contributed by atoms with Gasteiger partial charge in [-0.1, -0.05) is 96.9 Å². The molecule has 0 aliphatic heterocycles. The van der Waals surface area contributed by atoms with Gasteiger partial charge in [0, 0.05) is 24.8 Å². The molecule has 0 aromatic heterocycles. The van der Waals surface area contributed by atoms with E-state index >= 15 is 0 Å². The van der Waals surface area contributed by atoms with E-state index in [0.717, 1.165) is 28.9 Å². The normalized spacial score (nSPS) is 12.6. The molecule has 3 aromatic rings. The Morgan fingerprint density at radius 3 is 2.14 bits per heavy atom. The molecule has 0 bridgehead atoms.